The molecule has 0 radical (unpaired) electrons. The molecule has 0 spiro atoms. The predicted molar refractivity (Wildman–Crippen MR) is 90.6 cm³/mol. The summed E-state index contributed by atoms with van der Waals surface area (Å²) < 4.78 is 1.63. The van der Waals surface area contributed by atoms with Crippen LogP contribution < -0.4 is 10.6 Å². The number of aryl methyl sites for hydroxylation is 1. The number of nitrogens with zero attached hydrogens (tertiary/aromatic N) is 1. The third-order valence-electron chi connectivity index (χ3n) is 3.50. The average molecular weight is 318 g/mol. The van der Waals surface area contributed by atoms with Gasteiger partial charge in [0.2, 0.25) is 0 Å². The number of nitrogens with one attached hydrogen (secondary N) is 1. The van der Waals surface area contributed by atoms with Crippen molar-refractivity contribution in [3.63, 3.8) is 0 Å². The fraction of sp³-hybridized carbons (Fsp3) is 0.250. The monoisotopic (exact) mass is 318 g/mol. The standard InChI is InChI=1S/C16H19N2O3P/c1-9-4-5-12(15(22)6-9)17-16-11(14(21)8-19)7-13(10(2)20)18(16)3/h4-7,17,19H,8,22H2,1-3H3. The quantitative estimate of drug-likeness (QED) is 0.653. The van der Waals surface area contributed by atoms with Crippen LogP contribution in [0.5, 0.6) is 0 Å². The highest BCUT2D eigenvalue weighted by Crippen LogP contribution is 2.25. The maximum atomic E-state index is 11.9. The molecule has 1 heterocycles. The Hall–Kier alpha value is -1.97. The van der Waals surface area contributed by atoms with Gasteiger partial charge in [-0.05, 0) is 24.4 Å². The predicted octanol–water partition coefficient (Wildman–Crippen LogP) is 1.96. The molecule has 1 aromatic carbocycles. The molecule has 6 heteroatoms. The number of benzene rings is 1. The minimum absolute atomic E-state index is 0.141. The van der Waals surface area contributed by atoms with Crippen LogP contribution in [0.3, 0.4) is 0 Å². The van der Waals surface area contributed by atoms with Gasteiger partial charge in [0.1, 0.15) is 12.4 Å². The van der Waals surface area contributed by atoms with Crippen molar-refractivity contribution >= 4 is 37.6 Å². The van der Waals surface area contributed by atoms with Gasteiger partial charge in [0, 0.05) is 19.7 Å². The molecule has 0 bridgehead atoms. The fourth-order valence-corrected chi connectivity index (χ4v) is 2.74. The van der Waals surface area contributed by atoms with Crippen molar-refractivity contribution in [3.8, 4) is 0 Å². The Morgan fingerprint density at radius 2 is 2.00 bits per heavy atom. The molecule has 1 unspecified atom stereocenters. The number of hydrogen-bond acceptors (Lipinski definition) is 4. The summed E-state index contributed by atoms with van der Waals surface area (Å²) in [5, 5.41) is 13.3. The Balaban J connectivity index is 2.53. The first-order chi connectivity index (χ1) is 10.3. The fourth-order valence-electron chi connectivity index (χ4n) is 2.31. The van der Waals surface area contributed by atoms with Crippen LogP contribution in [0.1, 0.15) is 33.3 Å². The van der Waals surface area contributed by atoms with Crippen molar-refractivity contribution in [1.82, 2.24) is 4.57 Å². The van der Waals surface area contributed by atoms with Crippen molar-refractivity contribution in [1.29, 1.82) is 0 Å². The summed E-state index contributed by atoms with van der Waals surface area (Å²) in [6.07, 6.45) is 0. The van der Waals surface area contributed by atoms with Crippen molar-refractivity contribution < 1.29 is 14.7 Å². The van der Waals surface area contributed by atoms with E-state index < -0.39 is 12.4 Å². The first kappa shape index (κ1) is 16.4. The number of aliphatic hydroxyl groups is 1. The summed E-state index contributed by atoms with van der Waals surface area (Å²) in [4.78, 5) is 23.6. The van der Waals surface area contributed by atoms with Crippen LogP contribution in [-0.2, 0) is 7.05 Å². The summed E-state index contributed by atoms with van der Waals surface area (Å²) in [6, 6.07) is 7.37. The maximum absolute atomic E-state index is 11.9. The van der Waals surface area contributed by atoms with Crippen LogP contribution in [0.2, 0.25) is 0 Å². The molecule has 1 atom stereocenters. The van der Waals surface area contributed by atoms with E-state index >= 15 is 0 Å². The van der Waals surface area contributed by atoms with Gasteiger partial charge in [-0.2, -0.15) is 0 Å². The zero-order valence-corrected chi connectivity index (χ0v) is 14.0. The molecule has 2 rings (SSSR count). The Morgan fingerprint density at radius 3 is 2.55 bits per heavy atom. The smallest absolute Gasteiger partial charge is 0.191 e. The van der Waals surface area contributed by atoms with Gasteiger partial charge < -0.3 is 15.0 Å². The molecular weight excluding hydrogens is 299 g/mol. The van der Waals surface area contributed by atoms with Gasteiger partial charge in [0.25, 0.3) is 0 Å². The Morgan fingerprint density at radius 1 is 1.32 bits per heavy atom. The van der Waals surface area contributed by atoms with Gasteiger partial charge in [-0.1, -0.05) is 17.7 Å². The first-order valence-electron chi connectivity index (χ1n) is 6.83. The SMILES string of the molecule is CC(=O)c1cc(C(=O)CO)c(Nc2ccc(C)cc2P)n1C. The zero-order chi connectivity index (χ0) is 16.4. The maximum Gasteiger partial charge on any atom is 0.191 e. The third kappa shape index (κ3) is 3.11. The van der Waals surface area contributed by atoms with E-state index in [2.05, 4.69) is 14.6 Å². The van der Waals surface area contributed by atoms with Crippen molar-refractivity contribution in [2.75, 3.05) is 11.9 Å². The van der Waals surface area contributed by atoms with Crippen LogP contribution in [0.15, 0.2) is 24.3 Å². The molecule has 5 nitrogen and oxygen atoms in total. The lowest BCUT2D eigenvalue weighted by molar-refractivity contribution is 0.0904. The third-order valence-corrected chi connectivity index (χ3v) is 3.98. The molecule has 116 valence electrons. The minimum atomic E-state index is -0.600. The summed E-state index contributed by atoms with van der Waals surface area (Å²) in [6.45, 7) is 2.84. The number of anilines is 2. The van der Waals surface area contributed by atoms with Crippen molar-refractivity contribution in [2.45, 2.75) is 13.8 Å². The number of carbonyl (C=O) groups excluding carboxylic acids is 2. The van der Waals surface area contributed by atoms with Crippen LogP contribution in [0.4, 0.5) is 11.5 Å². The number of Topliss-reactive ketones (excluding diaryl/α,β-unsaturated/α-hetero) is 2. The van der Waals surface area contributed by atoms with Crippen molar-refractivity contribution in [3.05, 3.63) is 41.1 Å². The number of ketones is 2. The number of aromatic nitrogens is 1. The molecule has 0 aliphatic heterocycles. The zero-order valence-electron chi connectivity index (χ0n) is 12.8. The largest absolute Gasteiger partial charge is 0.388 e. The van der Waals surface area contributed by atoms with Crippen molar-refractivity contribution in [2.24, 2.45) is 7.05 Å². The Labute approximate surface area is 131 Å². The molecule has 0 aliphatic rings. The topological polar surface area (TPSA) is 71.3 Å². The molecule has 1 aromatic heterocycles. The second kappa shape index (κ2) is 6.42. The van der Waals surface area contributed by atoms with E-state index in [0.29, 0.717) is 17.1 Å². The molecule has 0 saturated carbocycles. The molecule has 0 saturated heterocycles. The van der Waals surface area contributed by atoms with Gasteiger partial charge >= 0.3 is 0 Å². The highest BCUT2D eigenvalue weighted by molar-refractivity contribution is 7.28. The molecular formula is C16H19N2O3P. The summed E-state index contributed by atoms with van der Waals surface area (Å²) >= 11 is 0. The lowest BCUT2D eigenvalue weighted by Crippen LogP contribution is -2.11. The second-order valence-electron chi connectivity index (χ2n) is 5.20. The van der Waals surface area contributed by atoms with Crippen LogP contribution >= 0.6 is 9.24 Å². The van der Waals surface area contributed by atoms with Crippen LogP contribution in [0, 0.1) is 6.92 Å². The van der Waals surface area contributed by atoms with E-state index in [1.807, 2.05) is 25.1 Å². The highest BCUT2D eigenvalue weighted by Gasteiger charge is 2.20. The first-order valence-corrected chi connectivity index (χ1v) is 7.40. The minimum Gasteiger partial charge on any atom is -0.388 e. The Bertz CT molecular complexity index is 750. The number of carbonyl (C=O) groups is 2. The van der Waals surface area contributed by atoms with Crippen LogP contribution in [0.25, 0.3) is 0 Å². The number of rotatable bonds is 5. The average Bonchev–Trinajstić information content (AvgIpc) is 2.78. The lowest BCUT2D eigenvalue weighted by atomic mass is 10.2. The Kier molecular flexibility index (Phi) is 4.79. The van der Waals surface area contributed by atoms with E-state index in [0.717, 1.165) is 16.6 Å². The number of hydrogen-bond donors (Lipinski definition) is 2. The highest BCUT2D eigenvalue weighted by atomic mass is 31.0. The molecule has 0 aliphatic carbocycles. The van der Waals surface area contributed by atoms with Gasteiger partial charge in [-0.15, -0.1) is 9.24 Å². The molecule has 22 heavy (non-hydrogen) atoms. The number of aliphatic hydroxyl groups excluding tert-OH is 1. The lowest BCUT2D eigenvalue weighted by Gasteiger charge is -2.13. The second-order valence-corrected chi connectivity index (χ2v) is 5.83. The summed E-state index contributed by atoms with van der Waals surface area (Å²) in [5.41, 5.74) is 2.66. The van der Waals surface area contributed by atoms with Gasteiger partial charge in [-0.25, -0.2) is 0 Å². The van der Waals surface area contributed by atoms with Crippen LogP contribution in [-0.4, -0.2) is 27.8 Å². The normalized spacial score (nSPS) is 10.6. The van der Waals surface area contributed by atoms with E-state index in [4.69, 9.17) is 5.11 Å². The van der Waals surface area contributed by atoms with E-state index in [1.165, 1.54) is 13.0 Å². The summed E-state index contributed by atoms with van der Waals surface area (Å²) in [5.74, 6) is -0.0719. The van der Waals surface area contributed by atoms with Gasteiger partial charge in [-0.3, -0.25) is 9.59 Å². The summed E-state index contributed by atoms with van der Waals surface area (Å²) in [7, 11) is 4.35. The van der Waals surface area contributed by atoms with Gasteiger partial charge in [0.15, 0.2) is 11.6 Å². The molecule has 2 aromatic rings. The van der Waals surface area contributed by atoms with Gasteiger partial charge in [0.05, 0.1) is 11.3 Å². The van der Waals surface area contributed by atoms with E-state index in [9.17, 15) is 9.59 Å². The molecule has 2 N–H and O–H groups in total. The van der Waals surface area contributed by atoms with E-state index in [-0.39, 0.29) is 5.78 Å². The van der Waals surface area contributed by atoms with E-state index in [1.54, 1.807) is 11.6 Å². The molecule has 0 fully saturated rings. The molecule has 0 amide bonds.